The third-order valence-corrected chi connectivity index (χ3v) is 3.26. The maximum atomic E-state index is 11.0. The Morgan fingerprint density at radius 3 is 2.89 bits per heavy atom. The standard InChI is InChI=1S/C13H12BrN3O2/c1-9-7-15-5-4-10(9)8-16-12-3-2-11(14)6-13(12)17(18)19/h2-7,16H,8H2,1H3. The van der Waals surface area contributed by atoms with Gasteiger partial charge in [0.2, 0.25) is 0 Å². The third-order valence-electron chi connectivity index (χ3n) is 2.76. The lowest BCUT2D eigenvalue weighted by atomic mass is 10.1. The maximum absolute atomic E-state index is 11.0. The number of rotatable bonds is 4. The SMILES string of the molecule is Cc1cnccc1CNc1ccc(Br)cc1[N+](=O)[O-]. The Morgan fingerprint density at radius 2 is 2.21 bits per heavy atom. The van der Waals surface area contributed by atoms with E-state index in [0.717, 1.165) is 11.1 Å². The van der Waals surface area contributed by atoms with E-state index in [1.807, 2.05) is 13.0 Å². The quantitative estimate of drug-likeness (QED) is 0.689. The molecule has 0 aliphatic rings. The van der Waals surface area contributed by atoms with Crippen LogP contribution in [0.2, 0.25) is 0 Å². The molecule has 0 unspecified atom stereocenters. The minimum Gasteiger partial charge on any atom is -0.375 e. The molecule has 0 spiro atoms. The molecular weight excluding hydrogens is 310 g/mol. The number of aryl methyl sites for hydroxylation is 1. The molecule has 6 heteroatoms. The van der Waals surface area contributed by atoms with Crippen molar-refractivity contribution < 1.29 is 4.92 Å². The zero-order valence-corrected chi connectivity index (χ0v) is 11.8. The van der Waals surface area contributed by atoms with Crippen molar-refractivity contribution in [2.24, 2.45) is 0 Å². The Labute approximate surface area is 119 Å². The van der Waals surface area contributed by atoms with Crippen LogP contribution < -0.4 is 5.32 Å². The van der Waals surface area contributed by atoms with Crippen molar-refractivity contribution in [1.29, 1.82) is 0 Å². The number of halogens is 1. The molecule has 1 heterocycles. The van der Waals surface area contributed by atoms with Crippen molar-refractivity contribution in [3.63, 3.8) is 0 Å². The summed E-state index contributed by atoms with van der Waals surface area (Å²) in [5, 5.41) is 14.1. The summed E-state index contributed by atoms with van der Waals surface area (Å²) in [6.07, 6.45) is 3.48. The van der Waals surface area contributed by atoms with Gasteiger partial charge in [-0.3, -0.25) is 15.1 Å². The fraction of sp³-hybridized carbons (Fsp3) is 0.154. The number of nitrogens with one attached hydrogen (secondary N) is 1. The largest absolute Gasteiger partial charge is 0.375 e. The molecular formula is C13H12BrN3O2. The third kappa shape index (κ3) is 3.29. The summed E-state index contributed by atoms with van der Waals surface area (Å²) in [6.45, 7) is 2.48. The van der Waals surface area contributed by atoms with Crippen LogP contribution in [0.25, 0.3) is 0 Å². The van der Waals surface area contributed by atoms with E-state index in [0.29, 0.717) is 16.7 Å². The second-order valence-electron chi connectivity index (χ2n) is 4.07. The summed E-state index contributed by atoms with van der Waals surface area (Å²) in [7, 11) is 0. The number of anilines is 1. The second-order valence-corrected chi connectivity index (χ2v) is 4.99. The zero-order valence-electron chi connectivity index (χ0n) is 10.3. The van der Waals surface area contributed by atoms with Gasteiger partial charge in [0.25, 0.3) is 5.69 Å². The van der Waals surface area contributed by atoms with Crippen LogP contribution in [0.15, 0.2) is 41.1 Å². The molecule has 0 bridgehead atoms. The first-order valence-corrected chi connectivity index (χ1v) is 6.44. The lowest BCUT2D eigenvalue weighted by Gasteiger charge is -2.09. The number of nitro groups is 1. The minimum atomic E-state index is -0.396. The predicted octanol–water partition coefficient (Wildman–Crippen LogP) is 3.67. The van der Waals surface area contributed by atoms with Gasteiger partial charge in [0.05, 0.1) is 4.92 Å². The minimum absolute atomic E-state index is 0.0566. The van der Waals surface area contributed by atoms with Gasteiger partial charge in [-0.25, -0.2) is 0 Å². The van der Waals surface area contributed by atoms with Crippen LogP contribution in [0.3, 0.4) is 0 Å². The molecule has 0 atom stereocenters. The van der Waals surface area contributed by atoms with Crippen LogP contribution in [0, 0.1) is 17.0 Å². The molecule has 0 amide bonds. The van der Waals surface area contributed by atoms with Crippen molar-refractivity contribution in [3.05, 3.63) is 62.4 Å². The predicted molar refractivity (Wildman–Crippen MR) is 77.1 cm³/mol. The van der Waals surface area contributed by atoms with Crippen LogP contribution in [0.4, 0.5) is 11.4 Å². The van der Waals surface area contributed by atoms with E-state index in [4.69, 9.17) is 0 Å². The number of benzene rings is 1. The summed E-state index contributed by atoms with van der Waals surface area (Å²) in [5.74, 6) is 0. The number of nitrogens with zero attached hydrogens (tertiary/aromatic N) is 2. The van der Waals surface area contributed by atoms with Crippen molar-refractivity contribution in [2.45, 2.75) is 13.5 Å². The second kappa shape index (κ2) is 5.79. The average Bonchev–Trinajstić information content (AvgIpc) is 2.38. The Balaban J connectivity index is 2.20. The normalized spacial score (nSPS) is 10.2. The van der Waals surface area contributed by atoms with Crippen LogP contribution in [0.5, 0.6) is 0 Å². The fourth-order valence-corrected chi connectivity index (χ4v) is 2.05. The number of hydrogen-bond acceptors (Lipinski definition) is 4. The molecule has 1 aromatic heterocycles. The van der Waals surface area contributed by atoms with Gasteiger partial charge in [0.15, 0.2) is 0 Å². The van der Waals surface area contributed by atoms with Gasteiger partial charge in [-0.05, 0) is 36.2 Å². The Kier molecular flexibility index (Phi) is 4.11. The smallest absolute Gasteiger partial charge is 0.293 e. The molecule has 0 radical (unpaired) electrons. The first kappa shape index (κ1) is 13.5. The highest BCUT2D eigenvalue weighted by molar-refractivity contribution is 9.10. The molecule has 0 fully saturated rings. The summed E-state index contributed by atoms with van der Waals surface area (Å²) >= 11 is 3.23. The number of aromatic nitrogens is 1. The van der Waals surface area contributed by atoms with Gasteiger partial charge in [-0.15, -0.1) is 0 Å². The van der Waals surface area contributed by atoms with Crippen LogP contribution in [0.1, 0.15) is 11.1 Å². The highest BCUT2D eigenvalue weighted by atomic mass is 79.9. The van der Waals surface area contributed by atoms with E-state index in [1.165, 1.54) is 6.07 Å². The Bertz CT molecular complexity index is 617. The fourth-order valence-electron chi connectivity index (χ4n) is 1.70. The molecule has 98 valence electrons. The zero-order chi connectivity index (χ0) is 13.8. The van der Waals surface area contributed by atoms with E-state index in [2.05, 4.69) is 26.2 Å². The van der Waals surface area contributed by atoms with Crippen LogP contribution in [-0.2, 0) is 6.54 Å². The molecule has 0 saturated heterocycles. The first-order valence-electron chi connectivity index (χ1n) is 5.65. The van der Waals surface area contributed by atoms with E-state index in [1.54, 1.807) is 24.5 Å². The van der Waals surface area contributed by atoms with E-state index >= 15 is 0 Å². The molecule has 0 saturated carbocycles. The van der Waals surface area contributed by atoms with E-state index in [9.17, 15) is 10.1 Å². The van der Waals surface area contributed by atoms with Gasteiger partial charge < -0.3 is 5.32 Å². The molecule has 2 rings (SSSR count). The molecule has 1 aromatic carbocycles. The molecule has 2 aromatic rings. The molecule has 5 nitrogen and oxygen atoms in total. The van der Waals surface area contributed by atoms with Gasteiger partial charge in [0.1, 0.15) is 5.69 Å². The molecule has 0 aliphatic carbocycles. The van der Waals surface area contributed by atoms with Crippen LogP contribution >= 0.6 is 15.9 Å². The average molecular weight is 322 g/mol. The van der Waals surface area contributed by atoms with Crippen molar-refractivity contribution in [2.75, 3.05) is 5.32 Å². The van der Waals surface area contributed by atoms with Crippen molar-refractivity contribution in [3.8, 4) is 0 Å². The monoisotopic (exact) mass is 321 g/mol. The van der Waals surface area contributed by atoms with E-state index in [-0.39, 0.29) is 5.69 Å². The van der Waals surface area contributed by atoms with Crippen LogP contribution in [-0.4, -0.2) is 9.91 Å². The highest BCUT2D eigenvalue weighted by Crippen LogP contribution is 2.28. The Morgan fingerprint density at radius 1 is 1.42 bits per heavy atom. The summed E-state index contributed by atoms with van der Waals surface area (Å²) in [5.41, 5.74) is 2.67. The van der Waals surface area contributed by atoms with Crippen molar-refractivity contribution >= 4 is 27.3 Å². The van der Waals surface area contributed by atoms with Gasteiger partial charge in [-0.2, -0.15) is 0 Å². The molecule has 1 N–H and O–H groups in total. The number of pyridine rings is 1. The number of hydrogen-bond donors (Lipinski definition) is 1. The Hall–Kier alpha value is -1.95. The summed E-state index contributed by atoms with van der Waals surface area (Å²) in [6, 6.07) is 6.85. The summed E-state index contributed by atoms with van der Waals surface area (Å²) < 4.78 is 0.685. The maximum Gasteiger partial charge on any atom is 0.293 e. The number of nitro benzene ring substituents is 1. The highest BCUT2D eigenvalue weighted by Gasteiger charge is 2.13. The lowest BCUT2D eigenvalue weighted by Crippen LogP contribution is -2.04. The van der Waals surface area contributed by atoms with E-state index < -0.39 is 4.92 Å². The van der Waals surface area contributed by atoms with Gasteiger partial charge in [0, 0.05) is 29.5 Å². The summed E-state index contributed by atoms with van der Waals surface area (Å²) in [4.78, 5) is 14.6. The first-order chi connectivity index (χ1) is 9.08. The van der Waals surface area contributed by atoms with Crippen molar-refractivity contribution in [1.82, 2.24) is 4.98 Å². The topological polar surface area (TPSA) is 68.1 Å². The molecule has 0 aliphatic heterocycles. The van der Waals surface area contributed by atoms with Gasteiger partial charge in [-0.1, -0.05) is 15.9 Å². The molecule has 19 heavy (non-hydrogen) atoms. The lowest BCUT2D eigenvalue weighted by molar-refractivity contribution is -0.384. The van der Waals surface area contributed by atoms with Gasteiger partial charge >= 0.3 is 0 Å².